The lowest BCUT2D eigenvalue weighted by Crippen LogP contribution is -2.36. The molecule has 6 heteroatoms. The second-order valence-corrected chi connectivity index (χ2v) is 7.70. The van der Waals surface area contributed by atoms with Crippen LogP contribution in [-0.2, 0) is 19.6 Å². The Balaban J connectivity index is 2.76. The minimum Gasteiger partial charge on any atom is -0.466 e. The van der Waals surface area contributed by atoms with Gasteiger partial charge in [0, 0.05) is 6.04 Å². The van der Waals surface area contributed by atoms with Crippen molar-refractivity contribution in [2.75, 3.05) is 6.61 Å². The number of unbranched alkanes of at least 4 members (excludes halogenated alkanes) is 3. The van der Waals surface area contributed by atoms with Gasteiger partial charge >= 0.3 is 5.97 Å². The highest BCUT2D eigenvalue weighted by Gasteiger charge is 2.22. The number of rotatable bonds is 11. The Labute approximate surface area is 145 Å². The minimum atomic E-state index is -3.64. The van der Waals surface area contributed by atoms with Gasteiger partial charge in [0.25, 0.3) is 0 Å². The first-order valence-corrected chi connectivity index (χ1v) is 10.1. The van der Waals surface area contributed by atoms with Gasteiger partial charge in [-0.3, -0.25) is 4.79 Å². The molecule has 0 heterocycles. The first kappa shape index (κ1) is 20.6. The summed E-state index contributed by atoms with van der Waals surface area (Å²) in [5.41, 5.74) is 0.997. The molecule has 0 saturated carbocycles. The van der Waals surface area contributed by atoms with Gasteiger partial charge in [-0.1, -0.05) is 50.3 Å². The zero-order chi connectivity index (χ0) is 18.0. The van der Waals surface area contributed by atoms with Gasteiger partial charge in [0.05, 0.1) is 17.9 Å². The van der Waals surface area contributed by atoms with Crippen molar-refractivity contribution in [1.82, 2.24) is 4.72 Å². The number of hydrogen-bond acceptors (Lipinski definition) is 4. The van der Waals surface area contributed by atoms with Crippen LogP contribution in [0.1, 0.15) is 57.9 Å². The molecular weight excluding hydrogens is 326 g/mol. The van der Waals surface area contributed by atoms with Gasteiger partial charge in [0.2, 0.25) is 10.0 Å². The Hall–Kier alpha value is -1.40. The van der Waals surface area contributed by atoms with E-state index < -0.39 is 16.1 Å². The molecule has 0 radical (unpaired) electrons. The average Bonchev–Trinajstić information content (AvgIpc) is 2.51. The van der Waals surface area contributed by atoms with Crippen LogP contribution in [0.3, 0.4) is 0 Å². The monoisotopic (exact) mass is 355 g/mol. The van der Waals surface area contributed by atoms with E-state index in [1.165, 1.54) is 0 Å². The van der Waals surface area contributed by atoms with E-state index in [4.69, 9.17) is 4.74 Å². The number of carbonyl (C=O) groups is 1. The van der Waals surface area contributed by atoms with Crippen LogP contribution < -0.4 is 4.72 Å². The lowest BCUT2D eigenvalue weighted by atomic mass is 10.1. The maximum absolute atomic E-state index is 12.5. The van der Waals surface area contributed by atoms with E-state index >= 15 is 0 Å². The van der Waals surface area contributed by atoms with Crippen molar-refractivity contribution in [3.8, 4) is 0 Å². The van der Waals surface area contributed by atoms with Crippen LogP contribution in [0.4, 0.5) is 0 Å². The highest BCUT2D eigenvalue weighted by molar-refractivity contribution is 7.89. The topological polar surface area (TPSA) is 72.5 Å². The highest BCUT2D eigenvalue weighted by atomic mass is 32.2. The molecule has 1 aromatic carbocycles. The summed E-state index contributed by atoms with van der Waals surface area (Å²) >= 11 is 0. The fourth-order valence-electron chi connectivity index (χ4n) is 2.45. The molecule has 0 spiro atoms. The maximum atomic E-state index is 12.5. The zero-order valence-electron chi connectivity index (χ0n) is 14.9. The SMILES string of the molecule is CCCCCC[C@H](CC(=O)OCC)NS(=O)(=O)c1ccc(C)cc1. The van der Waals surface area contributed by atoms with E-state index in [1.54, 1.807) is 31.2 Å². The summed E-state index contributed by atoms with van der Waals surface area (Å²) < 4.78 is 32.7. The summed E-state index contributed by atoms with van der Waals surface area (Å²) in [7, 11) is -3.64. The third kappa shape index (κ3) is 7.45. The predicted octanol–water partition coefficient (Wildman–Crippen LogP) is 3.57. The third-order valence-electron chi connectivity index (χ3n) is 3.78. The Kier molecular flexibility index (Phi) is 9.00. The number of benzene rings is 1. The van der Waals surface area contributed by atoms with Crippen molar-refractivity contribution >= 4 is 16.0 Å². The maximum Gasteiger partial charge on any atom is 0.307 e. The molecule has 0 aromatic heterocycles. The second-order valence-electron chi connectivity index (χ2n) is 5.99. The summed E-state index contributed by atoms with van der Waals surface area (Å²) in [5.74, 6) is -0.371. The minimum absolute atomic E-state index is 0.0606. The van der Waals surface area contributed by atoms with E-state index in [-0.39, 0.29) is 17.3 Å². The first-order chi connectivity index (χ1) is 11.4. The summed E-state index contributed by atoms with van der Waals surface area (Å²) in [4.78, 5) is 12.0. The molecule has 0 fully saturated rings. The summed E-state index contributed by atoms with van der Waals surface area (Å²) in [6.45, 7) is 6.06. The Morgan fingerprint density at radius 3 is 2.38 bits per heavy atom. The molecule has 24 heavy (non-hydrogen) atoms. The number of sulfonamides is 1. The van der Waals surface area contributed by atoms with E-state index in [1.807, 2.05) is 6.92 Å². The van der Waals surface area contributed by atoms with E-state index in [2.05, 4.69) is 11.6 Å². The van der Waals surface area contributed by atoms with Gasteiger partial charge in [-0.05, 0) is 32.4 Å². The fraction of sp³-hybridized carbons (Fsp3) is 0.611. The first-order valence-electron chi connectivity index (χ1n) is 8.63. The van der Waals surface area contributed by atoms with Gasteiger partial charge in [0.1, 0.15) is 0 Å². The standard InChI is InChI=1S/C18H29NO4S/c1-4-6-7-8-9-16(14-18(20)23-5-2)19-24(21,22)17-12-10-15(3)11-13-17/h10-13,16,19H,4-9,14H2,1-3H3/t16-/m1/s1. The van der Waals surface area contributed by atoms with Crippen molar-refractivity contribution < 1.29 is 17.9 Å². The molecule has 136 valence electrons. The zero-order valence-corrected chi connectivity index (χ0v) is 15.7. The summed E-state index contributed by atoms with van der Waals surface area (Å²) in [6.07, 6.45) is 4.82. The number of ether oxygens (including phenoxy) is 1. The fourth-order valence-corrected chi connectivity index (χ4v) is 3.72. The van der Waals surface area contributed by atoms with Crippen LogP contribution in [0.25, 0.3) is 0 Å². The summed E-state index contributed by atoms with van der Waals surface area (Å²) in [5, 5.41) is 0. The molecule has 0 aliphatic heterocycles. The molecule has 0 amide bonds. The number of hydrogen-bond donors (Lipinski definition) is 1. The van der Waals surface area contributed by atoms with Gasteiger partial charge in [0.15, 0.2) is 0 Å². The van der Waals surface area contributed by atoms with Crippen LogP contribution in [0.15, 0.2) is 29.2 Å². The van der Waals surface area contributed by atoms with Crippen LogP contribution in [-0.4, -0.2) is 27.0 Å². The molecule has 0 aliphatic carbocycles. The molecule has 1 atom stereocenters. The molecule has 5 nitrogen and oxygen atoms in total. The van der Waals surface area contributed by atoms with Crippen molar-refractivity contribution in [2.24, 2.45) is 0 Å². The van der Waals surface area contributed by atoms with E-state index in [9.17, 15) is 13.2 Å². The van der Waals surface area contributed by atoms with Crippen molar-refractivity contribution in [3.63, 3.8) is 0 Å². The van der Waals surface area contributed by atoms with Gasteiger partial charge in [-0.15, -0.1) is 0 Å². The van der Waals surface area contributed by atoms with Crippen molar-refractivity contribution in [3.05, 3.63) is 29.8 Å². The number of carbonyl (C=O) groups excluding carboxylic acids is 1. The van der Waals surface area contributed by atoms with Crippen LogP contribution >= 0.6 is 0 Å². The molecule has 0 aliphatic rings. The van der Waals surface area contributed by atoms with Crippen molar-refractivity contribution in [2.45, 2.75) is 70.2 Å². The Morgan fingerprint density at radius 1 is 1.12 bits per heavy atom. The van der Waals surface area contributed by atoms with Gasteiger partial charge in [-0.2, -0.15) is 0 Å². The van der Waals surface area contributed by atoms with Crippen LogP contribution in [0.2, 0.25) is 0 Å². The van der Waals surface area contributed by atoms with Gasteiger partial charge < -0.3 is 4.74 Å². The normalized spacial score (nSPS) is 12.8. The third-order valence-corrected chi connectivity index (χ3v) is 5.31. The quantitative estimate of drug-likeness (QED) is 0.486. The lowest BCUT2D eigenvalue weighted by Gasteiger charge is -2.18. The second kappa shape index (κ2) is 10.5. The van der Waals surface area contributed by atoms with Crippen LogP contribution in [0.5, 0.6) is 0 Å². The predicted molar refractivity (Wildman–Crippen MR) is 95.3 cm³/mol. The van der Waals surface area contributed by atoms with Crippen molar-refractivity contribution in [1.29, 1.82) is 0 Å². The number of aryl methyl sites for hydroxylation is 1. The molecule has 0 saturated heterocycles. The average molecular weight is 356 g/mol. The molecule has 0 unspecified atom stereocenters. The smallest absolute Gasteiger partial charge is 0.307 e. The molecule has 1 rings (SSSR count). The lowest BCUT2D eigenvalue weighted by molar-refractivity contribution is -0.143. The highest BCUT2D eigenvalue weighted by Crippen LogP contribution is 2.15. The Morgan fingerprint density at radius 2 is 1.79 bits per heavy atom. The van der Waals surface area contributed by atoms with E-state index in [0.29, 0.717) is 13.0 Å². The number of esters is 1. The Bertz CT molecular complexity index is 596. The molecular formula is C18H29NO4S. The number of nitrogens with one attached hydrogen (secondary N) is 1. The largest absolute Gasteiger partial charge is 0.466 e. The molecule has 1 aromatic rings. The van der Waals surface area contributed by atoms with Crippen LogP contribution in [0, 0.1) is 6.92 Å². The summed E-state index contributed by atoms with van der Waals surface area (Å²) in [6, 6.07) is 6.24. The van der Waals surface area contributed by atoms with E-state index in [0.717, 1.165) is 31.2 Å². The molecule has 0 bridgehead atoms. The molecule has 1 N–H and O–H groups in total. The van der Waals surface area contributed by atoms with Gasteiger partial charge in [-0.25, -0.2) is 13.1 Å².